The Morgan fingerprint density at radius 1 is 1.50 bits per heavy atom. The first kappa shape index (κ1) is 12.6. The van der Waals surface area contributed by atoms with Gasteiger partial charge in [0.15, 0.2) is 0 Å². The molecule has 2 aromatic rings. The van der Waals surface area contributed by atoms with Crippen molar-refractivity contribution in [3.8, 4) is 0 Å². The van der Waals surface area contributed by atoms with E-state index in [2.05, 4.69) is 5.10 Å². The SMILES string of the molecule is Cc1cc(Sc2cccc(F)c2C(=O)O)n(C)n1. The lowest BCUT2D eigenvalue weighted by atomic mass is 10.2. The Morgan fingerprint density at radius 3 is 2.78 bits per heavy atom. The molecule has 0 aliphatic rings. The zero-order valence-electron chi connectivity index (χ0n) is 9.85. The zero-order chi connectivity index (χ0) is 13.3. The maximum atomic E-state index is 13.5. The molecule has 1 N–H and O–H groups in total. The van der Waals surface area contributed by atoms with Crippen molar-refractivity contribution in [3.05, 3.63) is 41.3 Å². The van der Waals surface area contributed by atoms with Crippen LogP contribution in [-0.4, -0.2) is 20.9 Å². The van der Waals surface area contributed by atoms with E-state index in [1.54, 1.807) is 17.8 Å². The first-order valence-corrected chi connectivity index (χ1v) is 6.01. The molecule has 6 heteroatoms. The van der Waals surface area contributed by atoms with Crippen LogP contribution in [0.3, 0.4) is 0 Å². The number of rotatable bonds is 3. The number of aryl methyl sites for hydroxylation is 2. The van der Waals surface area contributed by atoms with E-state index in [1.165, 1.54) is 17.8 Å². The highest BCUT2D eigenvalue weighted by Gasteiger charge is 2.17. The topological polar surface area (TPSA) is 55.1 Å². The summed E-state index contributed by atoms with van der Waals surface area (Å²) in [5, 5.41) is 13.9. The van der Waals surface area contributed by atoms with Crippen LogP contribution >= 0.6 is 11.8 Å². The van der Waals surface area contributed by atoms with Crippen molar-refractivity contribution in [2.75, 3.05) is 0 Å². The largest absolute Gasteiger partial charge is 0.478 e. The maximum Gasteiger partial charge on any atom is 0.339 e. The standard InChI is InChI=1S/C12H11FN2O2S/c1-7-6-10(15(2)14-7)18-9-5-3-4-8(13)11(9)12(16)17/h3-6H,1-2H3,(H,16,17). The van der Waals surface area contributed by atoms with Crippen LogP contribution in [0.2, 0.25) is 0 Å². The highest BCUT2D eigenvalue weighted by Crippen LogP contribution is 2.31. The number of nitrogens with zero attached hydrogens (tertiary/aromatic N) is 2. The molecule has 0 saturated heterocycles. The van der Waals surface area contributed by atoms with E-state index in [4.69, 9.17) is 5.11 Å². The molecule has 0 amide bonds. The normalized spacial score (nSPS) is 10.6. The van der Waals surface area contributed by atoms with Crippen LogP contribution in [0.25, 0.3) is 0 Å². The Balaban J connectivity index is 2.43. The van der Waals surface area contributed by atoms with Crippen molar-refractivity contribution in [2.45, 2.75) is 16.8 Å². The lowest BCUT2D eigenvalue weighted by Gasteiger charge is -2.06. The number of hydrogen-bond acceptors (Lipinski definition) is 3. The third-order valence-corrected chi connectivity index (χ3v) is 3.51. The second kappa shape index (κ2) is 4.81. The number of aromatic nitrogens is 2. The molecule has 1 heterocycles. The van der Waals surface area contributed by atoms with E-state index in [9.17, 15) is 9.18 Å². The van der Waals surface area contributed by atoms with Crippen LogP contribution < -0.4 is 0 Å². The molecule has 1 aromatic heterocycles. The molecular formula is C12H11FN2O2S. The lowest BCUT2D eigenvalue weighted by molar-refractivity contribution is 0.0688. The van der Waals surface area contributed by atoms with E-state index in [1.807, 2.05) is 13.0 Å². The summed E-state index contributed by atoms with van der Waals surface area (Å²) in [6.45, 7) is 1.84. The van der Waals surface area contributed by atoms with Crippen molar-refractivity contribution in [1.29, 1.82) is 0 Å². The highest BCUT2D eigenvalue weighted by atomic mass is 32.2. The summed E-state index contributed by atoms with van der Waals surface area (Å²) in [5.41, 5.74) is 0.523. The Labute approximate surface area is 107 Å². The molecule has 0 spiro atoms. The van der Waals surface area contributed by atoms with E-state index < -0.39 is 11.8 Å². The second-order valence-corrected chi connectivity index (χ2v) is 4.83. The fourth-order valence-corrected chi connectivity index (χ4v) is 2.65. The minimum absolute atomic E-state index is 0.304. The molecule has 0 aliphatic carbocycles. The quantitative estimate of drug-likeness (QED) is 0.928. The van der Waals surface area contributed by atoms with E-state index >= 15 is 0 Å². The Bertz CT molecular complexity index is 610. The lowest BCUT2D eigenvalue weighted by Crippen LogP contribution is -2.03. The Hall–Kier alpha value is -1.82. The summed E-state index contributed by atoms with van der Waals surface area (Å²) in [7, 11) is 1.76. The van der Waals surface area contributed by atoms with Gasteiger partial charge < -0.3 is 5.11 Å². The third-order valence-electron chi connectivity index (χ3n) is 2.36. The summed E-state index contributed by atoms with van der Waals surface area (Å²) < 4.78 is 15.1. The second-order valence-electron chi connectivity index (χ2n) is 3.77. The fourth-order valence-electron chi connectivity index (χ4n) is 1.59. The molecular weight excluding hydrogens is 255 g/mol. The number of aromatic carboxylic acids is 1. The number of hydrogen-bond donors (Lipinski definition) is 1. The van der Waals surface area contributed by atoms with Crippen molar-refractivity contribution in [2.24, 2.45) is 7.05 Å². The van der Waals surface area contributed by atoms with Gasteiger partial charge in [-0.25, -0.2) is 9.18 Å². The third kappa shape index (κ3) is 2.38. The molecule has 4 nitrogen and oxygen atoms in total. The monoisotopic (exact) mass is 266 g/mol. The highest BCUT2D eigenvalue weighted by molar-refractivity contribution is 7.99. The van der Waals surface area contributed by atoms with Crippen LogP contribution in [-0.2, 0) is 7.05 Å². The van der Waals surface area contributed by atoms with Gasteiger partial charge in [0.05, 0.1) is 10.7 Å². The first-order valence-electron chi connectivity index (χ1n) is 5.19. The number of carboxylic acids is 1. The molecule has 0 aliphatic heterocycles. The van der Waals surface area contributed by atoms with Crippen molar-refractivity contribution in [3.63, 3.8) is 0 Å². The molecule has 94 valence electrons. The van der Waals surface area contributed by atoms with Gasteiger partial charge in [0, 0.05) is 11.9 Å². The van der Waals surface area contributed by atoms with Crippen molar-refractivity contribution < 1.29 is 14.3 Å². The van der Waals surface area contributed by atoms with E-state index in [-0.39, 0.29) is 5.56 Å². The van der Waals surface area contributed by atoms with Gasteiger partial charge in [-0.05, 0) is 25.1 Å². The Morgan fingerprint density at radius 2 is 2.22 bits per heavy atom. The van der Waals surface area contributed by atoms with Crippen LogP contribution in [0.5, 0.6) is 0 Å². The van der Waals surface area contributed by atoms with E-state index in [0.717, 1.165) is 16.8 Å². The van der Waals surface area contributed by atoms with Gasteiger partial charge in [-0.3, -0.25) is 4.68 Å². The fraction of sp³-hybridized carbons (Fsp3) is 0.167. The summed E-state index contributed by atoms with van der Waals surface area (Å²) in [4.78, 5) is 11.4. The van der Waals surface area contributed by atoms with Gasteiger partial charge in [0.1, 0.15) is 11.4 Å². The zero-order valence-corrected chi connectivity index (χ0v) is 10.7. The summed E-state index contributed by atoms with van der Waals surface area (Å²) in [6.07, 6.45) is 0. The number of carboxylic acid groups (broad SMARTS) is 1. The minimum Gasteiger partial charge on any atom is -0.478 e. The molecule has 1 aromatic carbocycles. The van der Waals surface area contributed by atoms with Crippen molar-refractivity contribution >= 4 is 17.7 Å². The van der Waals surface area contributed by atoms with Gasteiger partial charge in [0.25, 0.3) is 0 Å². The summed E-state index contributed by atoms with van der Waals surface area (Å²) in [5.74, 6) is -2.00. The van der Waals surface area contributed by atoms with Gasteiger partial charge in [-0.1, -0.05) is 17.8 Å². The summed E-state index contributed by atoms with van der Waals surface area (Å²) >= 11 is 1.18. The average Bonchev–Trinajstić information content (AvgIpc) is 2.57. The van der Waals surface area contributed by atoms with Crippen LogP contribution in [0.1, 0.15) is 16.1 Å². The molecule has 0 unspecified atom stereocenters. The molecule has 0 bridgehead atoms. The summed E-state index contributed by atoms with van der Waals surface area (Å²) in [6, 6.07) is 6.04. The molecule has 0 atom stereocenters. The van der Waals surface area contributed by atoms with Gasteiger partial charge in [0.2, 0.25) is 0 Å². The average molecular weight is 266 g/mol. The molecule has 0 saturated carbocycles. The van der Waals surface area contributed by atoms with Crippen LogP contribution in [0, 0.1) is 12.7 Å². The number of carbonyl (C=O) groups is 1. The molecule has 18 heavy (non-hydrogen) atoms. The smallest absolute Gasteiger partial charge is 0.339 e. The molecule has 0 fully saturated rings. The number of benzene rings is 1. The Kier molecular flexibility index (Phi) is 3.38. The van der Waals surface area contributed by atoms with Crippen molar-refractivity contribution in [1.82, 2.24) is 9.78 Å². The van der Waals surface area contributed by atoms with Gasteiger partial charge >= 0.3 is 5.97 Å². The van der Waals surface area contributed by atoms with Gasteiger partial charge in [-0.2, -0.15) is 5.10 Å². The maximum absolute atomic E-state index is 13.5. The van der Waals surface area contributed by atoms with Gasteiger partial charge in [-0.15, -0.1) is 0 Å². The minimum atomic E-state index is -1.27. The molecule has 2 rings (SSSR count). The predicted molar refractivity (Wildman–Crippen MR) is 65.4 cm³/mol. The predicted octanol–water partition coefficient (Wildman–Crippen LogP) is 2.72. The first-order chi connectivity index (χ1) is 8.49. The van der Waals surface area contributed by atoms with Crippen LogP contribution in [0.15, 0.2) is 34.2 Å². The van der Waals surface area contributed by atoms with E-state index in [0.29, 0.717) is 4.90 Å². The molecule has 0 radical (unpaired) electrons. The number of halogens is 1. The van der Waals surface area contributed by atoms with Crippen LogP contribution in [0.4, 0.5) is 4.39 Å².